The highest BCUT2D eigenvalue weighted by Crippen LogP contribution is 1.96. The van der Waals surface area contributed by atoms with E-state index in [4.69, 9.17) is 9.84 Å². The van der Waals surface area contributed by atoms with Crippen LogP contribution in [0.15, 0.2) is 0 Å². The molecule has 0 spiro atoms. The quantitative estimate of drug-likeness (QED) is 0.582. The number of aliphatic hydroxyl groups is 1. The zero-order valence-corrected chi connectivity index (χ0v) is 11.2. The monoisotopic (exact) mass is 232 g/mol. The van der Waals surface area contributed by atoms with Gasteiger partial charge in [-0.1, -0.05) is 6.92 Å². The van der Waals surface area contributed by atoms with Crippen molar-refractivity contribution >= 4 is 0 Å². The maximum atomic E-state index is 8.94. The summed E-state index contributed by atoms with van der Waals surface area (Å²) in [5.41, 5.74) is 0. The molecule has 98 valence electrons. The minimum Gasteiger partial charge on any atom is -0.396 e. The Kier molecular flexibility index (Phi) is 9.92. The maximum absolute atomic E-state index is 8.94. The molecule has 0 amide bonds. The first-order valence-electron chi connectivity index (χ1n) is 6.24. The highest BCUT2D eigenvalue weighted by atomic mass is 16.5. The minimum absolute atomic E-state index is 0.244. The highest BCUT2D eigenvalue weighted by molar-refractivity contribution is 4.69. The third kappa shape index (κ3) is 9.09. The number of rotatable bonds is 10. The number of likely N-dealkylation sites (N-methyl/N-ethyl adjacent to an activating group) is 2. The summed E-state index contributed by atoms with van der Waals surface area (Å²) in [5, 5.41) is 12.3. The van der Waals surface area contributed by atoms with E-state index in [-0.39, 0.29) is 6.61 Å². The van der Waals surface area contributed by atoms with Crippen molar-refractivity contribution in [3.63, 3.8) is 0 Å². The van der Waals surface area contributed by atoms with Crippen LogP contribution in [0.25, 0.3) is 0 Å². The van der Waals surface area contributed by atoms with Gasteiger partial charge in [-0.05, 0) is 33.9 Å². The summed E-state index contributed by atoms with van der Waals surface area (Å²) in [6.07, 6.45) is 1.11. The smallest absolute Gasteiger partial charge is 0.0596 e. The second kappa shape index (κ2) is 10.0. The zero-order valence-electron chi connectivity index (χ0n) is 11.2. The highest BCUT2D eigenvalue weighted by Gasteiger charge is 2.09. The molecule has 2 N–H and O–H groups in total. The van der Waals surface area contributed by atoms with Crippen molar-refractivity contribution in [2.45, 2.75) is 39.3 Å². The molecule has 1 unspecified atom stereocenters. The van der Waals surface area contributed by atoms with Gasteiger partial charge >= 0.3 is 0 Å². The second-order valence-corrected chi connectivity index (χ2v) is 4.45. The number of hydrogen-bond acceptors (Lipinski definition) is 4. The maximum Gasteiger partial charge on any atom is 0.0596 e. The van der Waals surface area contributed by atoms with Gasteiger partial charge in [-0.3, -0.25) is 0 Å². The number of ether oxygens (including phenoxy) is 1. The molecule has 1 atom stereocenters. The van der Waals surface area contributed by atoms with Gasteiger partial charge in [0.05, 0.1) is 12.7 Å². The summed E-state index contributed by atoms with van der Waals surface area (Å²) in [7, 11) is 2.09. The minimum atomic E-state index is 0.244. The van der Waals surface area contributed by atoms with Crippen LogP contribution < -0.4 is 5.32 Å². The average molecular weight is 232 g/mol. The van der Waals surface area contributed by atoms with Gasteiger partial charge in [0, 0.05) is 25.7 Å². The van der Waals surface area contributed by atoms with E-state index in [1.807, 2.05) is 13.8 Å². The third-order valence-electron chi connectivity index (χ3n) is 2.43. The number of nitrogens with zero attached hydrogens (tertiary/aromatic N) is 1. The number of nitrogens with one attached hydrogen (secondary N) is 1. The molecule has 0 aliphatic rings. The molecule has 0 radical (unpaired) electrons. The van der Waals surface area contributed by atoms with Crippen LogP contribution in [0.4, 0.5) is 0 Å². The van der Waals surface area contributed by atoms with Crippen molar-refractivity contribution in [2.24, 2.45) is 0 Å². The first-order chi connectivity index (χ1) is 7.60. The normalized spacial score (nSPS) is 13.7. The molecule has 0 fully saturated rings. The van der Waals surface area contributed by atoms with Gasteiger partial charge < -0.3 is 20.1 Å². The summed E-state index contributed by atoms with van der Waals surface area (Å²) in [5.74, 6) is 0. The van der Waals surface area contributed by atoms with Crippen LogP contribution in [0, 0.1) is 0 Å². The average Bonchev–Trinajstić information content (AvgIpc) is 2.17. The van der Waals surface area contributed by atoms with Crippen LogP contribution in [0.2, 0.25) is 0 Å². The van der Waals surface area contributed by atoms with E-state index in [9.17, 15) is 0 Å². The number of hydrogen-bond donors (Lipinski definition) is 2. The van der Waals surface area contributed by atoms with Gasteiger partial charge in [0.2, 0.25) is 0 Å². The van der Waals surface area contributed by atoms with Crippen LogP contribution in [0.5, 0.6) is 0 Å². The van der Waals surface area contributed by atoms with E-state index in [0.29, 0.717) is 12.1 Å². The van der Waals surface area contributed by atoms with Crippen molar-refractivity contribution in [2.75, 3.05) is 39.9 Å². The van der Waals surface area contributed by atoms with Crippen molar-refractivity contribution < 1.29 is 9.84 Å². The second-order valence-electron chi connectivity index (χ2n) is 4.45. The molecule has 0 saturated carbocycles. The Bertz CT molecular complexity index is 148. The zero-order chi connectivity index (χ0) is 12.4. The molecular weight excluding hydrogens is 204 g/mol. The van der Waals surface area contributed by atoms with Gasteiger partial charge in [0.1, 0.15) is 0 Å². The molecule has 0 bridgehead atoms. The van der Waals surface area contributed by atoms with Crippen molar-refractivity contribution in [1.82, 2.24) is 10.2 Å². The molecule has 0 heterocycles. The Morgan fingerprint density at radius 2 is 2.06 bits per heavy atom. The van der Waals surface area contributed by atoms with Crippen LogP contribution in [0.3, 0.4) is 0 Å². The molecule has 4 nitrogen and oxygen atoms in total. The molecular formula is C12H28N2O2. The molecule has 0 saturated heterocycles. The standard InChI is InChI=1S/C12H28N2O2/c1-5-13-12(6-8-15)10-14(4)7-9-16-11(2)3/h11-13,15H,5-10H2,1-4H3. The van der Waals surface area contributed by atoms with Crippen LogP contribution in [-0.2, 0) is 4.74 Å². The fraction of sp³-hybridized carbons (Fsp3) is 1.00. The van der Waals surface area contributed by atoms with Gasteiger partial charge in [-0.25, -0.2) is 0 Å². The fourth-order valence-corrected chi connectivity index (χ4v) is 1.61. The summed E-state index contributed by atoms with van der Waals surface area (Å²) < 4.78 is 5.50. The predicted molar refractivity (Wildman–Crippen MR) is 67.8 cm³/mol. The van der Waals surface area contributed by atoms with Crippen LogP contribution in [-0.4, -0.2) is 62.0 Å². The molecule has 0 aromatic rings. The summed E-state index contributed by atoms with van der Waals surface area (Å²) in [4.78, 5) is 2.24. The van der Waals surface area contributed by atoms with E-state index in [2.05, 4.69) is 24.2 Å². The molecule has 0 aliphatic carbocycles. The van der Waals surface area contributed by atoms with Gasteiger partial charge in [0.15, 0.2) is 0 Å². The molecule has 0 aromatic heterocycles. The van der Waals surface area contributed by atoms with E-state index < -0.39 is 0 Å². The lowest BCUT2D eigenvalue weighted by Crippen LogP contribution is -2.41. The van der Waals surface area contributed by atoms with Crippen molar-refractivity contribution in [3.05, 3.63) is 0 Å². The predicted octanol–water partition coefficient (Wildman–Crippen LogP) is 0.704. The third-order valence-corrected chi connectivity index (χ3v) is 2.43. The Balaban J connectivity index is 3.67. The number of aliphatic hydroxyl groups excluding tert-OH is 1. The van der Waals surface area contributed by atoms with Crippen LogP contribution in [0.1, 0.15) is 27.2 Å². The largest absolute Gasteiger partial charge is 0.396 e. The topological polar surface area (TPSA) is 44.7 Å². The van der Waals surface area contributed by atoms with E-state index in [0.717, 1.165) is 32.7 Å². The Hall–Kier alpha value is -0.160. The first-order valence-corrected chi connectivity index (χ1v) is 6.24. The van der Waals surface area contributed by atoms with Gasteiger partial charge in [-0.15, -0.1) is 0 Å². The van der Waals surface area contributed by atoms with Gasteiger partial charge in [0.25, 0.3) is 0 Å². The Labute approximate surface area is 100.0 Å². The summed E-state index contributed by atoms with van der Waals surface area (Å²) in [6, 6.07) is 0.374. The Morgan fingerprint density at radius 1 is 1.38 bits per heavy atom. The van der Waals surface area contributed by atoms with Crippen molar-refractivity contribution in [3.8, 4) is 0 Å². The van der Waals surface area contributed by atoms with E-state index >= 15 is 0 Å². The lowest BCUT2D eigenvalue weighted by molar-refractivity contribution is 0.0617. The molecule has 16 heavy (non-hydrogen) atoms. The summed E-state index contributed by atoms with van der Waals surface area (Å²) in [6.45, 7) is 10.0. The molecule has 0 rings (SSSR count). The molecule has 0 aliphatic heterocycles. The lowest BCUT2D eigenvalue weighted by Gasteiger charge is -2.24. The molecule has 4 heteroatoms. The van der Waals surface area contributed by atoms with Gasteiger partial charge in [-0.2, -0.15) is 0 Å². The van der Waals surface area contributed by atoms with E-state index in [1.54, 1.807) is 0 Å². The SMILES string of the molecule is CCNC(CCO)CN(C)CCOC(C)C. The molecule has 0 aromatic carbocycles. The lowest BCUT2D eigenvalue weighted by atomic mass is 10.2. The summed E-state index contributed by atoms with van der Waals surface area (Å²) >= 11 is 0. The van der Waals surface area contributed by atoms with E-state index in [1.165, 1.54) is 0 Å². The Morgan fingerprint density at radius 3 is 2.56 bits per heavy atom. The van der Waals surface area contributed by atoms with Crippen molar-refractivity contribution in [1.29, 1.82) is 0 Å². The fourth-order valence-electron chi connectivity index (χ4n) is 1.61. The first kappa shape index (κ1) is 15.8. The van der Waals surface area contributed by atoms with Crippen LogP contribution >= 0.6 is 0 Å².